The van der Waals surface area contributed by atoms with Crippen LogP contribution in [0.25, 0.3) is 0 Å². The molecule has 0 aliphatic heterocycles. The summed E-state index contributed by atoms with van der Waals surface area (Å²) >= 11 is 12.3. The Morgan fingerprint density at radius 2 is 1.89 bits per heavy atom. The Hall–Kier alpha value is -1.06. The number of hydrogen-bond acceptors (Lipinski definition) is 2. The summed E-state index contributed by atoms with van der Waals surface area (Å²) in [5.74, 6) is 5.70. The van der Waals surface area contributed by atoms with Crippen molar-refractivity contribution in [1.82, 2.24) is 5.43 Å². The third-order valence-electron chi connectivity index (χ3n) is 3.15. The molecule has 0 radical (unpaired) electrons. The standard InChI is InChI=1S/C15H16Cl2N2/c1-2-10-5-3-6-11(9-10)15(19-18)12-7-4-8-13(16)14(12)17/h3-9,15,19H,2,18H2,1H3. The Balaban J connectivity index is 2.46. The number of rotatable bonds is 4. The average Bonchev–Trinajstić information content (AvgIpc) is 2.44. The van der Waals surface area contributed by atoms with Crippen molar-refractivity contribution in [1.29, 1.82) is 0 Å². The molecule has 0 bridgehead atoms. The number of benzene rings is 2. The van der Waals surface area contributed by atoms with Crippen molar-refractivity contribution in [2.24, 2.45) is 5.84 Å². The van der Waals surface area contributed by atoms with Gasteiger partial charge < -0.3 is 0 Å². The second kappa shape index (κ2) is 6.40. The monoisotopic (exact) mass is 294 g/mol. The molecule has 2 rings (SSSR count). The first kappa shape index (κ1) is 14.4. The van der Waals surface area contributed by atoms with Crippen LogP contribution < -0.4 is 11.3 Å². The zero-order valence-electron chi connectivity index (χ0n) is 10.7. The minimum absolute atomic E-state index is 0.169. The Kier molecular flexibility index (Phi) is 4.83. The Morgan fingerprint density at radius 1 is 1.16 bits per heavy atom. The summed E-state index contributed by atoms with van der Waals surface area (Å²) in [4.78, 5) is 0. The maximum Gasteiger partial charge on any atom is 0.0725 e. The molecule has 0 amide bonds. The molecule has 1 unspecified atom stereocenters. The Morgan fingerprint density at radius 3 is 2.58 bits per heavy atom. The van der Waals surface area contributed by atoms with Gasteiger partial charge in [-0.05, 0) is 29.2 Å². The van der Waals surface area contributed by atoms with Gasteiger partial charge in [0.2, 0.25) is 0 Å². The fourth-order valence-electron chi connectivity index (χ4n) is 2.10. The van der Waals surface area contributed by atoms with Crippen LogP contribution in [-0.4, -0.2) is 0 Å². The molecule has 1 atom stereocenters. The number of hydrazine groups is 1. The van der Waals surface area contributed by atoms with Gasteiger partial charge in [0, 0.05) is 0 Å². The van der Waals surface area contributed by atoms with E-state index in [2.05, 4.69) is 24.5 Å². The fraction of sp³-hybridized carbons (Fsp3) is 0.200. The van der Waals surface area contributed by atoms with Crippen molar-refractivity contribution in [3.05, 3.63) is 69.2 Å². The predicted molar refractivity (Wildman–Crippen MR) is 81.4 cm³/mol. The number of hydrogen-bond donors (Lipinski definition) is 2. The number of halogens is 2. The van der Waals surface area contributed by atoms with E-state index in [0.29, 0.717) is 10.0 Å². The lowest BCUT2D eigenvalue weighted by Crippen LogP contribution is -2.29. The van der Waals surface area contributed by atoms with Gasteiger partial charge >= 0.3 is 0 Å². The normalized spacial score (nSPS) is 12.4. The lowest BCUT2D eigenvalue weighted by molar-refractivity contribution is 0.636. The minimum atomic E-state index is -0.169. The molecule has 0 aliphatic carbocycles. The van der Waals surface area contributed by atoms with E-state index in [0.717, 1.165) is 17.5 Å². The highest BCUT2D eigenvalue weighted by Crippen LogP contribution is 2.33. The molecule has 100 valence electrons. The first-order chi connectivity index (χ1) is 9.17. The molecule has 0 saturated heterocycles. The topological polar surface area (TPSA) is 38.0 Å². The second-order valence-electron chi connectivity index (χ2n) is 4.34. The van der Waals surface area contributed by atoms with Gasteiger partial charge in [0.15, 0.2) is 0 Å². The lowest BCUT2D eigenvalue weighted by atomic mass is 9.97. The van der Waals surface area contributed by atoms with Gasteiger partial charge in [0.05, 0.1) is 16.1 Å². The molecule has 0 fully saturated rings. The SMILES string of the molecule is CCc1cccc(C(NN)c2cccc(Cl)c2Cl)c1. The van der Waals surface area contributed by atoms with Gasteiger partial charge in [-0.15, -0.1) is 0 Å². The molecule has 3 N–H and O–H groups in total. The molecular formula is C15H16Cl2N2. The smallest absolute Gasteiger partial charge is 0.0725 e. The van der Waals surface area contributed by atoms with Crippen molar-refractivity contribution >= 4 is 23.2 Å². The summed E-state index contributed by atoms with van der Waals surface area (Å²) in [5.41, 5.74) is 6.03. The van der Waals surface area contributed by atoms with E-state index in [1.807, 2.05) is 24.3 Å². The lowest BCUT2D eigenvalue weighted by Gasteiger charge is -2.19. The highest BCUT2D eigenvalue weighted by molar-refractivity contribution is 6.42. The Labute approximate surface area is 123 Å². The van der Waals surface area contributed by atoms with Crippen molar-refractivity contribution < 1.29 is 0 Å². The number of aryl methyl sites for hydroxylation is 1. The fourth-order valence-corrected chi connectivity index (χ4v) is 2.52. The van der Waals surface area contributed by atoms with Crippen molar-refractivity contribution in [2.45, 2.75) is 19.4 Å². The molecule has 0 spiro atoms. The Bertz CT molecular complexity index is 570. The molecule has 0 aliphatic rings. The van der Waals surface area contributed by atoms with Crippen molar-refractivity contribution in [3.8, 4) is 0 Å². The molecule has 0 heterocycles. The summed E-state index contributed by atoms with van der Waals surface area (Å²) in [5, 5.41) is 1.07. The zero-order chi connectivity index (χ0) is 13.8. The van der Waals surface area contributed by atoms with Crippen LogP contribution in [0, 0.1) is 0 Å². The van der Waals surface area contributed by atoms with Gasteiger partial charge in [-0.25, -0.2) is 5.43 Å². The minimum Gasteiger partial charge on any atom is -0.271 e. The van der Waals surface area contributed by atoms with E-state index in [-0.39, 0.29) is 6.04 Å². The van der Waals surface area contributed by atoms with E-state index in [1.165, 1.54) is 5.56 Å². The molecule has 19 heavy (non-hydrogen) atoms. The second-order valence-corrected chi connectivity index (χ2v) is 5.13. The summed E-state index contributed by atoms with van der Waals surface area (Å²) in [7, 11) is 0. The van der Waals surface area contributed by atoms with Crippen molar-refractivity contribution in [2.75, 3.05) is 0 Å². The van der Waals surface area contributed by atoms with E-state index >= 15 is 0 Å². The van der Waals surface area contributed by atoms with Gasteiger partial charge in [-0.3, -0.25) is 5.84 Å². The molecule has 2 nitrogen and oxygen atoms in total. The summed E-state index contributed by atoms with van der Waals surface area (Å²) in [6.45, 7) is 2.12. The van der Waals surface area contributed by atoms with Crippen LogP contribution in [0.4, 0.5) is 0 Å². The average molecular weight is 295 g/mol. The van der Waals surface area contributed by atoms with Gasteiger partial charge in [0.1, 0.15) is 0 Å². The van der Waals surface area contributed by atoms with E-state index < -0.39 is 0 Å². The molecule has 0 saturated carbocycles. The van der Waals surface area contributed by atoms with E-state index in [9.17, 15) is 0 Å². The van der Waals surface area contributed by atoms with Gasteiger partial charge in [-0.2, -0.15) is 0 Å². The van der Waals surface area contributed by atoms with Crippen LogP contribution in [0.1, 0.15) is 29.7 Å². The summed E-state index contributed by atoms with van der Waals surface area (Å²) in [6.07, 6.45) is 0.981. The van der Waals surface area contributed by atoms with Gasteiger partial charge in [0.25, 0.3) is 0 Å². The van der Waals surface area contributed by atoms with Crippen LogP contribution in [-0.2, 0) is 6.42 Å². The van der Waals surface area contributed by atoms with Crippen LogP contribution in [0.3, 0.4) is 0 Å². The largest absolute Gasteiger partial charge is 0.271 e. The summed E-state index contributed by atoms with van der Waals surface area (Å²) in [6, 6.07) is 13.7. The molecule has 4 heteroatoms. The maximum absolute atomic E-state index is 6.26. The summed E-state index contributed by atoms with van der Waals surface area (Å²) < 4.78 is 0. The highest BCUT2D eigenvalue weighted by Gasteiger charge is 2.17. The first-order valence-corrected chi connectivity index (χ1v) is 6.91. The third-order valence-corrected chi connectivity index (χ3v) is 3.99. The quantitative estimate of drug-likeness (QED) is 0.658. The van der Waals surface area contributed by atoms with Crippen molar-refractivity contribution in [3.63, 3.8) is 0 Å². The molecule has 0 aromatic heterocycles. The first-order valence-electron chi connectivity index (χ1n) is 6.16. The molecule has 2 aromatic rings. The van der Waals surface area contributed by atoms with Crippen LogP contribution in [0.5, 0.6) is 0 Å². The van der Waals surface area contributed by atoms with Crippen LogP contribution >= 0.6 is 23.2 Å². The predicted octanol–water partition coefficient (Wildman–Crippen LogP) is 4.11. The zero-order valence-corrected chi connectivity index (χ0v) is 12.2. The molecular weight excluding hydrogens is 279 g/mol. The number of nitrogens with one attached hydrogen (secondary N) is 1. The molecule has 2 aromatic carbocycles. The van der Waals surface area contributed by atoms with Gasteiger partial charge in [-0.1, -0.05) is 66.5 Å². The highest BCUT2D eigenvalue weighted by atomic mass is 35.5. The van der Waals surface area contributed by atoms with E-state index in [1.54, 1.807) is 6.07 Å². The maximum atomic E-state index is 6.26. The van der Waals surface area contributed by atoms with Crippen LogP contribution in [0.2, 0.25) is 10.0 Å². The number of nitrogens with two attached hydrogens (primary N) is 1. The van der Waals surface area contributed by atoms with E-state index in [4.69, 9.17) is 29.0 Å². The van der Waals surface area contributed by atoms with Crippen LogP contribution in [0.15, 0.2) is 42.5 Å². The third kappa shape index (κ3) is 3.10.